The first-order chi connectivity index (χ1) is 20.4. The molecule has 3 aliphatic heterocycles. The van der Waals surface area contributed by atoms with Crippen molar-refractivity contribution in [2.45, 2.75) is 50.2 Å². The summed E-state index contributed by atoms with van der Waals surface area (Å²) in [7, 11) is 4.19. The van der Waals surface area contributed by atoms with Gasteiger partial charge in [0.05, 0.1) is 10.9 Å². The number of terminal acetylenes is 1. The lowest BCUT2D eigenvalue weighted by molar-refractivity contribution is 0.211. The minimum atomic E-state index is -0.557. The molecule has 5 heterocycles. The predicted molar refractivity (Wildman–Crippen MR) is 164 cm³/mol. The number of fused-ring (bicyclic) bond motifs is 4. The van der Waals surface area contributed by atoms with Gasteiger partial charge in [0.25, 0.3) is 0 Å². The zero-order chi connectivity index (χ0) is 29.0. The fourth-order valence-electron chi connectivity index (χ4n) is 7.12. The molecule has 3 atom stereocenters. The number of nitrogens with one attached hydrogen (secondary N) is 1. The topological polar surface area (TPSA) is 60.4 Å². The smallest absolute Gasteiger partial charge is 0.228 e. The minimum absolute atomic E-state index is 0.0980. The number of likely N-dealkylation sites (N-methyl/N-ethyl adjacent to an activating group) is 2. The Kier molecular flexibility index (Phi) is 6.91. The van der Waals surface area contributed by atoms with E-state index in [0.29, 0.717) is 46.2 Å². The van der Waals surface area contributed by atoms with Crippen molar-refractivity contribution in [2.75, 3.05) is 50.1 Å². The van der Waals surface area contributed by atoms with Gasteiger partial charge in [0.15, 0.2) is 5.82 Å². The van der Waals surface area contributed by atoms with Crippen molar-refractivity contribution in [3.63, 3.8) is 0 Å². The summed E-state index contributed by atoms with van der Waals surface area (Å²) in [5.74, 6) is 2.59. The van der Waals surface area contributed by atoms with E-state index in [0.717, 1.165) is 50.8 Å². The molecule has 0 radical (unpaired) electrons. The average molecular weight is 568 g/mol. The van der Waals surface area contributed by atoms with Crippen LogP contribution in [-0.4, -0.2) is 78.3 Å². The Balaban J connectivity index is 1.39. The quantitative estimate of drug-likeness (QED) is 0.342. The van der Waals surface area contributed by atoms with E-state index in [4.69, 9.17) is 16.4 Å². The summed E-state index contributed by atoms with van der Waals surface area (Å²) in [5, 5.41) is 5.35. The van der Waals surface area contributed by atoms with Crippen molar-refractivity contribution in [3.8, 4) is 23.6 Å². The molecule has 42 heavy (non-hydrogen) atoms. The second-order valence-corrected chi connectivity index (χ2v) is 12.0. The molecule has 9 heteroatoms. The van der Waals surface area contributed by atoms with E-state index in [-0.39, 0.29) is 16.8 Å². The maximum Gasteiger partial charge on any atom is 0.228 e. The standard InChI is InChI=1S/C33H35F2N7/c1-4-24-27(34)14-11-20-8-7-10-25(28(20)24)30-29(35)31-26(16-37-30)32(40(2)17-21-9-5-6-15-36-21)39-33(38-31)42-18-22-12-13-23(19-42)41(22)3/h1,7-8,10-11,14,16,21-23,36H,5-6,9,12-13,15,17-19H2,2-3H3/t21-,22?,23?/m0/s1. The van der Waals surface area contributed by atoms with E-state index in [1.807, 2.05) is 19.2 Å². The monoisotopic (exact) mass is 567 g/mol. The molecule has 2 bridgehead atoms. The summed E-state index contributed by atoms with van der Waals surface area (Å²) in [6.07, 6.45) is 13.1. The lowest BCUT2D eigenvalue weighted by atomic mass is 9.96. The second-order valence-electron chi connectivity index (χ2n) is 12.0. The number of piperidine rings is 1. The molecule has 2 aromatic carbocycles. The number of benzene rings is 2. The molecule has 0 spiro atoms. The Labute approximate surface area is 244 Å². The number of pyridine rings is 1. The maximum atomic E-state index is 16.7. The van der Waals surface area contributed by atoms with Gasteiger partial charge in [0.1, 0.15) is 22.8 Å². The Morgan fingerprint density at radius 3 is 2.62 bits per heavy atom. The third-order valence-electron chi connectivity index (χ3n) is 9.44. The van der Waals surface area contributed by atoms with Crippen LogP contribution in [0.1, 0.15) is 37.7 Å². The number of rotatable bonds is 5. The van der Waals surface area contributed by atoms with Gasteiger partial charge in [-0.05, 0) is 50.7 Å². The zero-order valence-corrected chi connectivity index (χ0v) is 24.1. The fourth-order valence-corrected chi connectivity index (χ4v) is 7.12. The van der Waals surface area contributed by atoms with Crippen molar-refractivity contribution >= 4 is 33.4 Å². The van der Waals surface area contributed by atoms with Crippen LogP contribution in [0.2, 0.25) is 0 Å². The van der Waals surface area contributed by atoms with Crippen molar-refractivity contribution in [1.29, 1.82) is 0 Å². The molecule has 2 aromatic heterocycles. The first kappa shape index (κ1) is 27.0. The normalized spacial score (nSPS) is 22.5. The third-order valence-corrected chi connectivity index (χ3v) is 9.44. The van der Waals surface area contributed by atoms with E-state index in [9.17, 15) is 4.39 Å². The molecule has 0 saturated carbocycles. The highest BCUT2D eigenvalue weighted by atomic mass is 19.1. The van der Waals surface area contributed by atoms with Crippen LogP contribution in [0, 0.1) is 24.0 Å². The van der Waals surface area contributed by atoms with Crippen LogP contribution in [0.3, 0.4) is 0 Å². The van der Waals surface area contributed by atoms with Crippen molar-refractivity contribution in [2.24, 2.45) is 0 Å². The van der Waals surface area contributed by atoms with E-state index < -0.39 is 11.6 Å². The number of anilines is 2. The number of hydrogen-bond acceptors (Lipinski definition) is 7. The third kappa shape index (κ3) is 4.54. The van der Waals surface area contributed by atoms with Crippen LogP contribution in [0.5, 0.6) is 0 Å². The second kappa shape index (κ2) is 10.8. The molecule has 7 nitrogen and oxygen atoms in total. The molecule has 3 aliphatic rings. The van der Waals surface area contributed by atoms with Crippen LogP contribution in [0.15, 0.2) is 36.5 Å². The van der Waals surface area contributed by atoms with Crippen LogP contribution < -0.4 is 15.1 Å². The Morgan fingerprint density at radius 1 is 1.07 bits per heavy atom. The molecule has 3 saturated heterocycles. The van der Waals surface area contributed by atoms with Crippen LogP contribution in [0.25, 0.3) is 32.9 Å². The molecule has 216 valence electrons. The van der Waals surface area contributed by atoms with E-state index in [1.165, 1.54) is 18.9 Å². The summed E-state index contributed by atoms with van der Waals surface area (Å²) in [6, 6.07) is 9.58. The summed E-state index contributed by atoms with van der Waals surface area (Å²) in [6.45, 7) is 3.36. The highest BCUT2D eigenvalue weighted by molar-refractivity contribution is 6.02. The Bertz CT molecular complexity index is 1700. The summed E-state index contributed by atoms with van der Waals surface area (Å²) in [5.41, 5.74) is 0.853. The molecule has 4 aromatic rings. The zero-order valence-electron chi connectivity index (χ0n) is 24.1. The molecule has 0 amide bonds. The molecule has 3 fully saturated rings. The number of piperazine rings is 1. The van der Waals surface area contributed by atoms with E-state index >= 15 is 4.39 Å². The highest BCUT2D eigenvalue weighted by Gasteiger charge is 2.38. The van der Waals surface area contributed by atoms with Crippen molar-refractivity contribution in [1.82, 2.24) is 25.2 Å². The molecule has 2 unspecified atom stereocenters. The predicted octanol–water partition coefficient (Wildman–Crippen LogP) is 4.97. The first-order valence-corrected chi connectivity index (χ1v) is 14.9. The maximum absolute atomic E-state index is 16.7. The first-order valence-electron chi connectivity index (χ1n) is 14.9. The van der Waals surface area contributed by atoms with Gasteiger partial charge < -0.3 is 15.1 Å². The van der Waals surface area contributed by atoms with Gasteiger partial charge in [-0.2, -0.15) is 4.98 Å². The van der Waals surface area contributed by atoms with Gasteiger partial charge in [-0.3, -0.25) is 9.88 Å². The number of halogens is 2. The molecular formula is C33H35F2N7. The van der Waals surface area contributed by atoms with E-state index in [1.54, 1.807) is 18.3 Å². The molecule has 1 N–H and O–H groups in total. The van der Waals surface area contributed by atoms with E-state index in [2.05, 4.69) is 38.0 Å². The van der Waals surface area contributed by atoms with Gasteiger partial charge in [-0.25, -0.2) is 13.8 Å². The minimum Gasteiger partial charge on any atom is -0.357 e. The Morgan fingerprint density at radius 2 is 1.88 bits per heavy atom. The van der Waals surface area contributed by atoms with Crippen molar-refractivity contribution in [3.05, 3.63) is 53.7 Å². The molecular weight excluding hydrogens is 532 g/mol. The molecule has 7 rings (SSSR count). The van der Waals surface area contributed by atoms with Gasteiger partial charge >= 0.3 is 0 Å². The summed E-state index contributed by atoms with van der Waals surface area (Å²) in [4.78, 5) is 21.3. The number of aromatic nitrogens is 3. The van der Waals surface area contributed by atoms with Gasteiger partial charge in [-0.15, -0.1) is 6.42 Å². The average Bonchev–Trinajstić information content (AvgIpc) is 3.20. The highest BCUT2D eigenvalue weighted by Crippen LogP contribution is 2.37. The lowest BCUT2D eigenvalue weighted by Gasteiger charge is -2.39. The largest absolute Gasteiger partial charge is 0.357 e. The van der Waals surface area contributed by atoms with Gasteiger partial charge in [0, 0.05) is 62.0 Å². The Hall–Kier alpha value is -3.87. The van der Waals surface area contributed by atoms with Crippen LogP contribution >= 0.6 is 0 Å². The van der Waals surface area contributed by atoms with Gasteiger partial charge in [-0.1, -0.05) is 36.6 Å². The SMILES string of the molecule is C#Cc1c(F)ccc2cccc(-c3ncc4c(N(C)C[C@@H]5CCCCN5)nc(N5CC6CCC(C5)N6C)nc4c3F)c12. The fraction of sp³-hybridized carbons (Fsp3) is 0.424. The van der Waals surface area contributed by atoms with Gasteiger partial charge in [0.2, 0.25) is 5.95 Å². The number of hydrogen-bond donors (Lipinski definition) is 1. The van der Waals surface area contributed by atoms with Crippen molar-refractivity contribution < 1.29 is 8.78 Å². The summed E-state index contributed by atoms with van der Waals surface area (Å²) >= 11 is 0. The van der Waals surface area contributed by atoms with Crippen LogP contribution in [-0.2, 0) is 0 Å². The number of nitrogens with zero attached hydrogens (tertiary/aromatic N) is 6. The molecule has 0 aliphatic carbocycles. The lowest BCUT2D eigenvalue weighted by Crippen LogP contribution is -2.52. The van der Waals surface area contributed by atoms with Crippen LogP contribution in [0.4, 0.5) is 20.5 Å². The summed E-state index contributed by atoms with van der Waals surface area (Å²) < 4.78 is 31.5.